The van der Waals surface area contributed by atoms with Gasteiger partial charge in [0.05, 0.1) is 5.69 Å². The van der Waals surface area contributed by atoms with E-state index in [4.69, 9.17) is 4.42 Å². The fourth-order valence-electron chi connectivity index (χ4n) is 9.89. The van der Waals surface area contributed by atoms with Gasteiger partial charge in [-0.3, -0.25) is 0 Å². The van der Waals surface area contributed by atoms with Crippen LogP contribution in [0.2, 0.25) is 0 Å². The van der Waals surface area contributed by atoms with Crippen molar-refractivity contribution in [2.75, 3.05) is 4.90 Å². The van der Waals surface area contributed by atoms with Crippen LogP contribution >= 0.6 is 0 Å². The zero-order valence-corrected chi connectivity index (χ0v) is 32.1. The average Bonchev–Trinajstić information content (AvgIpc) is 3.82. The molecule has 0 amide bonds. The molecule has 57 heavy (non-hydrogen) atoms. The van der Waals surface area contributed by atoms with Crippen LogP contribution in [0.4, 0.5) is 17.1 Å². The maximum atomic E-state index is 6.91. The van der Waals surface area contributed by atoms with Gasteiger partial charge in [-0.15, -0.1) is 0 Å². The van der Waals surface area contributed by atoms with Gasteiger partial charge in [0.1, 0.15) is 11.2 Å². The van der Waals surface area contributed by atoms with Crippen LogP contribution in [0.15, 0.2) is 180 Å². The summed E-state index contributed by atoms with van der Waals surface area (Å²) in [6.07, 6.45) is 0. The Morgan fingerprint density at radius 2 is 0.895 bits per heavy atom. The minimum atomic E-state index is -0.127. The lowest BCUT2D eigenvalue weighted by Crippen LogP contribution is -2.17. The second-order valence-electron chi connectivity index (χ2n) is 16.5. The number of anilines is 3. The van der Waals surface area contributed by atoms with E-state index in [1.165, 1.54) is 50.2 Å². The maximum Gasteiger partial charge on any atom is 0.143 e. The maximum absolute atomic E-state index is 6.91. The van der Waals surface area contributed by atoms with Crippen LogP contribution in [0.1, 0.15) is 57.4 Å². The number of fused-ring (bicyclic) bond motifs is 9. The Morgan fingerprint density at radius 3 is 1.63 bits per heavy atom. The quantitative estimate of drug-likeness (QED) is 0.175. The van der Waals surface area contributed by atoms with Crippen LogP contribution in [0.5, 0.6) is 0 Å². The molecule has 8 aromatic carbocycles. The van der Waals surface area contributed by atoms with Crippen molar-refractivity contribution in [1.82, 2.24) is 0 Å². The SMILES string of the molecule is C.CC1(C)c2ccccc2-c2ccc(N(c3cccc(-c4cccc5c4oc4c(-c6ccccc6)cccc45)c3)c3cccc4c3-c3ccccc3C4(C)C)cc21. The molecule has 1 heterocycles. The summed E-state index contributed by atoms with van der Waals surface area (Å²) < 4.78 is 6.91. The van der Waals surface area contributed by atoms with E-state index in [0.29, 0.717) is 0 Å². The van der Waals surface area contributed by atoms with E-state index in [2.05, 4.69) is 209 Å². The molecule has 2 heteroatoms. The van der Waals surface area contributed by atoms with Crippen molar-refractivity contribution in [3.05, 3.63) is 198 Å². The van der Waals surface area contributed by atoms with Crippen LogP contribution in [0, 0.1) is 0 Å². The van der Waals surface area contributed by atoms with E-state index in [1.54, 1.807) is 0 Å². The van der Waals surface area contributed by atoms with Crippen molar-refractivity contribution in [2.45, 2.75) is 46.0 Å². The van der Waals surface area contributed by atoms with Crippen molar-refractivity contribution >= 4 is 39.0 Å². The van der Waals surface area contributed by atoms with Gasteiger partial charge in [0.15, 0.2) is 0 Å². The number of hydrogen-bond donors (Lipinski definition) is 0. The van der Waals surface area contributed by atoms with Gasteiger partial charge in [-0.05, 0) is 80.4 Å². The number of nitrogens with zero attached hydrogens (tertiary/aromatic N) is 1. The summed E-state index contributed by atoms with van der Waals surface area (Å²) in [5.74, 6) is 0. The van der Waals surface area contributed by atoms with E-state index in [-0.39, 0.29) is 18.3 Å². The Kier molecular flexibility index (Phi) is 7.76. The Hall–Kier alpha value is -6.64. The van der Waals surface area contributed by atoms with Gasteiger partial charge >= 0.3 is 0 Å². The fraction of sp³-hybridized carbons (Fsp3) is 0.127. The molecule has 0 atom stereocenters. The van der Waals surface area contributed by atoms with Gasteiger partial charge in [0.2, 0.25) is 0 Å². The first-order valence-electron chi connectivity index (χ1n) is 19.7. The zero-order chi connectivity index (χ0) is 37.8. The Bertz CT molecular complexity index is 3030. The lowest BCUT2D eigenvalue weighted by Gasteiger charge is -2.30. The van der Waals surface area contributed by atoms with Crippen LogP contribution in [0.25, 0.3) is 66.4 Å². The van der Waals surface area contributed by atoms with Crippen molar-refractivity contribution < 1.29 is 4.42 Å². The standard InChI is InChI=1S/C54H41NO.CH4/c1-53(2)46-27-11-9-21-44(46)50-47(53)28-15-29-49(50)55(37-30-31-41-40-20-8-10-26-45(40)54(3,4)48(41)33-37)36-19-12-18-35(32-36)39-23-14-25-43-42-24-13-22-38(51(42)56-52(39)43)34-16-6-5-7-17-34;/h5-33H,1-4H3;1H4. The van der Waals surface area contributed by atoms with E-state index in [1.807, 2.05) is 0 Å². The molecule has 0 radical (unpaired) electrons. The highest BCUT2D eigenvalue weighted by atomic mass is 16.3. The summed E-state index contributed by atoms with van der Waals surface area (Å²) in [5, 5.41) is 2.25. The molecule has 0 aliphatic heterocycles. The van der Waals surface area contributed by atoms with Crippen LogP contribution in [-0.2, 0) is 10.8 Å². The highest BCUT2D eigenvalue weighted by Gasteiger charge is 2.39. The smallest absolute Gasteiger partial charge is 0.143 e. The summed E-state index contributed by atoms with van der Waals surface area (Å²) in [4.78, 5) is 2.49. The van der Waals surface area contributed by atoms with Crippen LogP contribution < -0.4 is 4.90 Å². The van der Waals surface area contributed by atoms with Crippen molar-refractivity contribution in [2.24, 2.45) is 0 Å². The third kappa shape index (κ3) is 5.03. The number of para-hydroxylation sites is 2. The van der Waals surface area contributed by atoms with Crippen LogP contribution in [0.3, 0.4) is 0 Å². The summed E-state index contributed by atoms with van der Waals surface area (Å²) in [5.41, 5.74) is 20.2. The Balaban J connectivity index is 0.00000396. The summed E-state index contributed by atoms with van der Waals surface area (Å²) in [6, 6.07) is 64.4. The molecule has 0 spiro atoms. The first-order valence-corrected chi connectivity index (χ1v) is 19.7. The zero-order valence-electron chi connectivity index (χ0n) is 32.1. The normalized spacial score (nSPS) is 14.1. The van der Waals surface area contributed by atoms with Crippen LogP contribution in [-0.4, -0.2) is 0 Å². The molecule has 0 unspecified atom stereocenters. The molecule has 0 saturated heterocycles. The first-order chi connectivity index (χ1) is 27.3. The van der Waals surface area contributed by atoms with Gasteiger partial charge in [-0.2, -0.15) is 0 Å². The topological polar surface area (TPSA) is 16.4 Å². The number of hydrogen-bond acceptors (Lipinski definition) is 2. The molecule has 2 aliphatic rings. The molecule has 1 aromatic heterocycles. The highest BCUT2D eigenvalue weighted by molar-refractivity contribution is 6.13. The average molecular weight is 736 g/mol. The molecular formula is C55H45NO. The summed E-state index contributed by atoms with van der Waals surface area (Å²) in [7, 11) is 0. The third-order valence-electron chi connectivity index (χ3n) is 12.7. The van der Waals surface area contributed by atoms with Gasteiger partial charge < -0.3 is 9.32 Å². The van der Waals surface area contributed by atoms with E-state index in [0.717, 1.165) is 55.6 Å². The predicted octanol–water partition coefficient (Wildman–Crippen LogP) is 15.6. The Morgan fingerprint density at radius 1 is 0.386 bits per heavy atom. The molecule has 0 N–H and O–H groups in total. The Labute approximate surface area is 335 Å². The van der Waals surface area contributed by atoms with Gasteiger partial charge in [0.25, 0.3) is 0 Å². The van der Waals surface area contributed by atoms with Gasteiger partial charge in [-0.1, -0.05) is 181 Å². The van der Waals surface area contributed by atoms with Gasteiger partial charge in [0, 0.05) is 49.7 Å². The molecule has 9 aromatic rings. The van der Waals surface area contributed by atoms with Gasteiger partial charge in [-0.25, -0.2) is 0 Å². The fourth-order valence-corrected chi connectivity index (χ4v) is 9.89. The molecular weight excluding hydrogens is 691 g/mol. The molecule has 11 rings (SSSR count). The van der Waals surface area contributed by atoms with E-state index in [9.17, 15) is 0 Å². The summed E-state index contributed by atoms with van der Waals surface area (Å²) in [6.45, 7) is 9.45. The second kappa shape index (κ2) is 12.7. The number of rotatable bonds is 5. The largest absolute Gasteiger partial charge is 0.455 e. The van der Waals surface area contributed by atoms with E-state index < -0.39 is 0 Å². The summed E-state index contributed by atoms with van der Waals surface area (Å²) >= 11 is 0. The molecule has 0 saturated carbocycles. The van der Waals surface area contributed by atoms with Crippen molar-refractivity contribution in [1.29, 1.82) is 0 Å². The third-order valence-corrected chi connectivity index (χ3v) is 12.7. The molecule has 2 aliphatic carbocycles. The molecule has 0 bridgehead atoms. The molecule has 2 nitrogen and oxygen atoms in total. The first kappa shape index (κ1) is 34.8. The number of furan rings is 1. The lowest BCUT2D eigenvalue weighted by molar-refractivity contribution is 0.660. The lowest BCUT2D eigenvalue weighted by atomic mass is 9.82. The highest BCUT2D eigenvalue weighted by Crippen LogP contribution is 2.56. The monoisotopic (exact) mass is 735 g/mol. The van der Waals surface area contributed by atoms with Crippen molar-refractivity contribution in [3.8, 4) is 44.5 Å². The predicted molar refractivity (Wildman–Crippen MR) is 241 cm³/mol. The molecule has 276 valence electrons. The second-order valence-corrected chi connectivity index (χ2v) is 16.5. The molecule has 0 fully saturated rings. The van der Waals surface area contributed by atoms with Crippen molar-refractivity contribution in [3.63, 3.8) is 0 Å². The minimum Gasteiger partial charge on any atom is -0.455 e. The van der Waals surface area contributed by atoms with E-state index >= 15 is 0 Å². The minimum absolute atomic E-state index is 0. The number of benzene rings is 8.